The molecule has 90 valence electrons. The van der Waals surface area contributed by atoms with Gasteiger partial charge in [0.05, 0.1) is 5.71 Å². The molecule has 0 aromatic heterocycles. The molecular formula is C11H17NO4. The molecule has 3 heterocycles. The number of hydrogen-bond donors (Lipinski definition) is 1. The normalized spacial score (nSPS) is 57.2. The minimum absolute atomic E-state index is 0.128. The highest BCUT2D eigenvalue weighted by molar-refractivity contribution is 5.95. The molecule has 16 heavy (non-hydrogen) atoms. The molecule has 4 rings (SSSR count). The molecule has 3 aliphatic heterocycles. The van der Waals surface area contributed by atoms with E-state index in [0.717, 1.165) is 12.1 Å². The van der Waals surface area contributed by atoms with Crippen LogP contribution in [0.4, 0.5) is 0 Å². The first-order valence-corrected chi connectivity index (χ1v) is 5.69. The fourth-order valence-corrected chi connectivity index (χ4v) is 3.54. The summed E-state index contributed by atoms with van der Waals surface area (Å²) in [4.78, 5) is 0. The van der Waals surface area contributed by atoms with Crippen molar-refractivity contribution < 1.29 is 19.4 Å². The van der Waals surface area contributed by atoms with Gasteiger partial charge in [0.25, 0.3) is 0 Å². The summed E-state index contributed by atoms with van der Waals surface area (Å²) in [5.74, 6) is 0.875. The quantitative estimate of drug-likeness (QED) is 0.540. The molecule has 5 heteroatoms. The van der Waals surface area contributed by atoms with Gasteiger partial charge < -0.3 is 19.4 Å². The van der Waals surface area contributed by atoms with Crippen molar-refractivity contribution in [2.75, 3.05) is 7.11 Å². The first-order chi connectivity index (χ1) is 7.61. The molecule has 4 aliphatic rings. The van der Waals surface area contributed by atoms with E-state index in [1.807, 2.05) is 6.92 Å². The lowest BCUT2D eigenvalue weighted by molar-refractivity contribution is -0.390. The number of methoxy groups -OCH3 is 1. The number of fused-ring (bicyclic) bond motifs is 1. The number of oxime groups is 1. The van der Waals surface area contributed by atoms with Crippen molar-refractivity contribution in [3.63, 3.8) is 0 Å². The van der Waals surface area contributed by atoms with Crippen molar-refractivity contribution in [2.45, 2.75) is 38.4 Å². The minimum Gasteiger partial charge on any atom is -0.411 e. The fraction of sp³-hybridized carbons (Fsp3) is 0.909. The lowest BCUT2D eigenvalue weighted by Crippen LogP contribution is -2.62. The molecule has 0 amide bonds. The molecule has 5 nitrogen and oxygen atoms in total. The third-order valence-electron chi connectivity index (χ3n) is 4.48. The molecule has 6 atom stereocenters. The van der Waals surface area contributed by atoms with Crippen LogP contribution in [0.5, 0.6) is 0 Å². The maximum atomic E-state index is 9.08. The smallest absolute Gasteiger partial charge is 0.166 e. The van der Waals surface area contributed by atoms with E-state index in [4.69, 9.17) is 19.4 Å². The standard InChI is InChI=1S/C11H17NO4/c1-5-6-4-7(12-13)11(2)8(6)10(14-3)15-9(5)16-11/h5-6,8-10,13H,4H2,1-3H3. The van der Waals surface area contributed by atoms with Crippen LogP contribution in [0.2, 0.25) is 0 Å². The van der Waals surface area contributed by atoms with Gasteiger partial charge in [-0.15, -0.1) is 0 Å². The third kappa shape index (κ3) is 1.04. The van der Waals surface area contributed by atoms with Crippen LogP contribution in [0, 0.1) is 17.8 Å². The highest BCUT2D eigenvalue weighted by Crippen LogP contribution is 2.56. The van der Waals surface area contributed by atoms with Crippen LogP contribution in [0.25, 0.3) is 0 Å². The number of rotatable bonds is 1. The van der Waals surface area contributed by atoms with E-state index >= 15 is 0 Å². The Balaban J connectivity index is 2.05. The second-order valence-electron chi connectivity index (χ2n) is 5.13. The summed E-state index contributed by atoms with van der Waals surface area (Å²) in [6.45, 7) is 4.09. The average molecular weight is 227 g/mol. The van der Waals surface area contributed by atoms with Gasteiger partial charge in [0.2, 0.25) is 0 Å². The van der Waals surface area contributed by atoms with Gasteiger partial charge in [-0.3, -0.25) is 0 Å². The van der Waals surface area contributed by atoms with Crippen molar-refractivity contribution >= 4 is 5.71 Å². The van der Waals surface area contributed by atoms with Crippen LogP contribution >= 0.6 is 0 Å². The van der Waals surface area contributed by atoms with Crippen LogP contribution in [-0.4, -0.2) is 36.2 Å². The molecule has 0 aromatic carbocycles. The zero-order valence-corrected chi connectivity index (χ0v) is 9.71. The third-order valence-corrected chi connectivity index (χ3v) is 4.48. The van der Waals surface area contributed by atoms with Gasteiger partial charge in [-0.2, -0.15) is 0 Å². The highest BCUT2D eigenvalue weighted by atomic mass is 16.8. The first-order valence-electron chi connectivity index (χ1n) is 5.69. The van der Waals surface area contributed by atoms with Crippen molar-refractivity contribution in [1.82, 2.24) is 0 Å². The Hall–Kier alpha value is -0.650. The molecule has 1 N–H and O–H groups in total. The van der Waals surface area contributed by atoms with Gasteiger partial charge in [-0.1, -0.05) is 12.1 Å². The SMILES string of the molecule is COC1OC2OC3(C)C(=NO)CC(C2C)C13. The number of ether oxygens (including phenoxy) is 3. The van der Waals surface area contributed by atoms with Crippen LogP contribution in [0.15, 0.2) is 5.16 Å². The van der Waals surface area contributed by atoms with Crippen LogP contribution in [0.1, 0.15) is 20.3 Å². The summed E-state index contributed by atoms with van der Waals surface area (Å²) in [6.07, 6.45) is 0.284. The summed E-state index contributed by atoms with van der Waals surface area (Å²) in [7, 11) is 1.65. The Labute approximate surface area is 94.4 Å². The van der Waals surface area contributed by atoms with Gasteiger partial charge in [0, 0.05) is 18.9 Å². The molecule has 3 saturated heterocycles. The van der Waals surface area contributed by atoms with Crippen LogP contribution < -0.4 is 0 Å². The monoisotopic (exact) mass is 227 g/mol. The first kappa shape index (κ1) is 10.5. The lowest BCUT2D eigenvalue weighted by atomic mass is 9.75. The maximum Gasteiger partial charge on any atom is 0.166 e. The Morgan fingerprint density at radius 2 is 2.31 bits per heavy atom. The Bertz CT molecular complexity index is 345. The van der Waals surface area contributed by atoms with E-state index in [-0.39, 0.29) is 18.5 Å². The second kappa shape index (κ2) is 3.18. The Morgan fingerprint density at radius 1 is 1.56 bits per heavy atom. The molecule has 6 unspecified atom stereocenters. The second-order valence-corrected chi connectivity index (χ2v) is 5.13. The van der Waals surface area contributed by atoms with E-state index in [0.29, 0.717) is 11.8 Å². The molecule has 4 bridgehead atoms. The summed E-state index contributed by atoms with van der Waals surface area (Å²) >= 11 is 0. The lowest BCUT2D eigenvalue weighted by Gasteiger charge is -2.53. The van der Waals surface area contributed by atoms with Gasteiger partial charge in [-0.05, 0) is 19.3 Å². The maximum absolute atomic E-state index is 9.08. The summed E-state index contributed by atoms with van der Waals surface area (Å²) in [6, 6.07) is 0. The van der Waals surface area contributed by atoms with Gasteiger partial charge in [0.15, 0.2) is 12.6 Å². The Kier molecular flexibility index (Phi) is 2.09. The van der Waals surface area contributed by atoms with Crippen LogP contribution in [-0.2, 0) is 14.2 Å². The van der Waals surface area contributed by atoms with Crippen LogP contribution in [0.3, 0.4) is 0 Å². The van der Waals surface area contributed by atoms with Crippen molar-refractivity contribution in [3.05, 3.63) is 0 Å². The van der Waals surface area contributed by atoms with E-state index in [1.165, 1.54) is 0 Å². The molecule has 0 radical (unpaired) electrons. The zero-order chi connectivity index (χ0) is 11.5. The van der Waals surface area contributed by atoms with Crippen molar-refractivity contribution in [1.29, 1.82) is 0 Å². The molecule has 1 saturated carbocycles. The molecule has 0 aromatic rings. The van der Waals surface area contributed by atoms with Gasteiger partial charge >= 0.3 is 0 Å². The van der Waals surface area contributed by atoms with E-state index in [1.54, 1.807) is 7.11 Å². The van der Waals surface area contributed by atoms with Gasteiger partial charge in [0.1, 0.15) is 5.60 Å². The molecule has 4 fully saturated rings. The number of nitrogens with zero attached hydrogens (tertiary/aromatic N) is 1. The largest absolute Gasteiger partial charge is 0.411 e. The average Bonchev–Trinajstić information content (AvgIpc) is 2.54. The summed E-state index contributed by atoms with van der Waals surface area (Å²) < 4.78 is 17.0. The molecule has 0 spiro atoms. The highest BCUT2D eigenvalue weighted by Gasteiger charge is 2.66. The molecular weight excluding hydrogens is 210 g/mol. The topological polar surface area (TPSA) is 60.3 Å². The van der Waals surface area contributed by atoms with Gasteiger partial charge in [-0.25, -0.2) is 0 Å². The minimum atomic E-state index is -0.518. The van der Waals surface area contributed by atoms with E-state index in [9.17, 15) is 0 Å². The molecule has 1 aliphatic carbocycles. The Morgan fingerprint density at radius 3 is 2.94 bits per heavy atom. The van der Waals surface area contributed by atoms with Crippen molar-refractivity contribution in [2.24, 2.45) is 22.9 Å². The van der Waals surface area contributed by atoms with E-state index < -0.39 is 5.60 Å². The number of hydrogen-bond acceptors (Lipinski definition) is 5. The predicted octanol–water partition coefficient (Wildman–Crippen LogP) is 1.21. The van der Waals surface area contributed by atoms with E-state index in [2.05, 4.69) is 12.1 Å². The zero-order valence-electron chi connectivity index (χ0n) is 9.71. The fourth-order valence-electron chi connectivity index (χ4n) is 3.54. The summed E-state index contributed by atoms with van der Waals surface area (Å²) in [5, 5.41) is 12.5. The summed E-state index contributed by atoms with van der Waals surface area (Å²) in [5.41, 5.74) is 0.206. The van der Waals surface area contributed by atoms with Crippen molar-refractivity contribution in [3.8, 4) is 0 Å². The predicted molar refractivity (Wildman–Crippen MR) is 55.1 cm³/mol.